The first-order chi connectivity index (χ1) is 6.27. The Kier molecular flexibility index (Phi) is 1.98. The van der Waals surface area contributed by atoms with Gasteiger partial charge in [0.2, 0.25) is 5.91 Å². The second kappa shape index (κ2) is 3.14. The van der Waals surface area contributed by atoms with Gasteiger partial charge in [-0.3, -0.25) is 9.78 Å². The second-order valence-electron chi connectivity index (χ2n) is 3.17. The first-order valence-corrected chi connectivity index (χ1v) is 4.23. The number of aromatic nitrogens is 1. The van der Waals surface area contributed by atoms with Gasteiger partial charge in [0.15, 0.2) is 0 Å². The molecule has 4 heteroatoms. The maximum absolute atomic E-state index is 11.4. The van der Waals surface area contributed by atoms with E-state index in [0.717, 1.165) is 5.69 Å². The Morgan fingerprint density at radius 3 is 2.69 bits per heavy atom. The number of rotatable bonds is 1. The topological polar surface area (TPSA) is 59.2 Å². The third kappa shape index (κ3) is 1.53. The molecule has 0 saturated carbocycles. The minimum Gasteiger partial charge on any atom is -0.326 e. The zero-order valence-corrected chi connectivity index (χ0v) is 7.18. The van der Waals surface area contributed by atoms with Crippen molar-refractivity contribution in [1.29, 1.82) is 0 Å². The molecule has 1 atom stereocenters. The summed E-state index contributed by atoms with van der Waals surface area (Å²) in [6.45, 7) is 0.614. The molecule has 1 amide bonds. The van der Waals surface area contributed by atoms with Gasteiger partial charge < -0.3 is 10.6 Å². The van der Waals surface area contributed by atoms with E-state index in [1.54, 1.807) is 17.3 Å². The molecule has 68 valence electrons. The van der Waals surface area contributed by atoms with Crippen LogP contribution < -0.4 is 10.6 Å². The summed E-state index contributed by atoms with van der Waals surface area (Å²) in [6.07, 6.45) is 3.79. The summed E-state index contributed by atoms with van der Waals surface area (Å²) in [5.41, 5.74) is 6.56. The average molecular weight is 177 g/mol. The molecule has 0 aromatic carbocycles. The van der Waals surface area contributed by atoms with Crippen LogP contribution in [-0.4, -0.2) is 23.5 Å². The first-order valence-electron chi connectivity index (χ1n) is 4.23. The van der Waals surface area contributed by atoms with Crippen molar-refractivity contribution in [2.24, 2.45) is 5.73 Å². The van der Waals surface area contributed by atoms with Crippen LogP contribution >= 0.6 is 0 Å². The Morgan fingerprint density at radius 2 is 2.15 bits per heavy atom. The molecule has 13 heavy (non-hydrogen) atoms. The van der Waals surface area contributed by atoms with Gasteiger partial charge in [-0.15, -0.1) is 0 Å². The van der Waals surface area contributed by atoms with Gasteiger partial charge >= 0.3 is 0 Å². The maximum Gasteiger partial charge on any atom is 0.228 e. The molecule has 2 heterocycles. The van der Waals surface area contributed by atoms with Crippen molar-refractivity contribution < 1.29 is 4.79 Å². The minimum atomic E-state index is -0.0272. The number of carbonyl (C=O) groups excluding carboxylic acids is 1. The molecule has 2 N–H and O–H groups in total. The monoisotopic (exact) mass is 177 g/mol. The fourth-order valence-electron chi connectivity index (χ4n) is 1.51. The van der Waals surface area contributed by atoms with Crippen LogP contribution in [0.5, 0.6) is 0 Å². The van der Waals surface area contributed by atoms with Gasteiger partial charge in [0.1, 0.15) is 0 Å². The number of pyridine rings is 1. The van der Waals surface area contributed by atoms with Crippen molar-refractivity contribution in [3.05, 3.63) is 24.5 Å². The Bertz CT molecular complexity index is 312. The Labute approximate surface area is 76.4 Å². The summed E-state index contributed by atoms with van der Waals surface area (Å²) in [7, 11) is 0. The third-order valence-electron chi connectivity index (χ3n) is 2.13. The molecule has 1 aromatic heterocycles. The van der Waals surface area contributed by atoms with Crippen LogP contribution in [0.3, 0.4) is 0 Å². The number of nitrogens with two attached hydrogens (primary N) is 1. The van der Waals surface area contributed by atoms with Crippen LogP contribution in [0.15, 0.2) is 24.5 Å². The summed E-state index contributed by atoms with van der Waals surface area (Å²) in [6, 6.07) is 3.60. The molecule has 0 radical (unpaired) electrons. The van der Waals surface area contributed by atoms with Crippen LogP contribution in [-0.2, 0) is 4.79 Å². The maximum atomic E-state index is 11.4. The molecule has 2 rings (SSSR count). The van der Waals surface area contributed by atoms with Crippen molar-refractivity contribution in [2.45, 2.75) is 12.5 Å². The van der Waals surface area contributed by atoms with E-state index in [0.29, 0.717) is 13.0 Å². The summed E-state index contributed by atoms with van der Waals surface area (Å²) in [5, 5.41) is 0. The molecule has 1 saturated heterocycles. The zero-order chi connectivity index (χ0) is 9.26. The van der Waals surface area contributed by atoms with E-state index in [1.807, 2.05) is 12.1 Å². The van der Waals surface area contributed by atoms with Gasteiger partial charge in [0.05, 0.1) is 0 Å². The largest absolute Gasteiger partial charge is 0.326 e. The van der Waals surface area contributed by atoms with Crippen LogP contribution in [0.1, 0.15) is 6.42 Å². The smallest absolute Gasteiger partial charge is 0.228 e. The van der Waals surface area contributed by atoms with Crippen LogP contribution in [0.2, 0.25) is 0 Å². The predicted molar refractivity (Wildman–Crippen MR) is 49.2 cm³/mol. The fraction of sp³-hybridized carbons (Fsp3) is 0.333. The molecular weight excluding hydrogens is 166 g/mol. The van der Waals surface area contributed by atoms with Crippen molar-refractivity contribution in [1.82, 2.24) is 4.98 Å². The Morgan fingerprint density at radius 1 is 1.46 bits per heavy atom. The lowest BCUT2D eigenvalue weighted by Gasteiger charge is -2.14. The van der Waals surface area contributed by atoms with Gasteiger partial charge in [0, 0.05) is 37.1 Å². The zero-order valence-electron chi connectivity index (χ0n) is 7.18. The van der Waals surface area contributed by atoms with E-state index in [9.17, 15) is 4.79 Å². The van der Waals surface area contributed by atoms with E-state index >= 15 is 0 Å². The number of hydrogen-bond donors (Lipinski definition) is 1. The lowest BCUT2D eigenvalue weighted by Crippen LogP contribution is -2.27. The lowest BCUT2D eigenvalue weighted by atomic mass is 10.3. The van der Waals surface area contributed by atoms with Crippen molar-refractivity contribution >= 4 is 11.6 Å². The summed E-state index contributed by atoms with van der Waals surface area (Å²) in [4.78, 5) is 17.0. The Balaban J connectivity index is 2.23. The standard InChI is InChI=1S/C9H11N3O/c10-7-5-9(13)12(6-7)8-1-3-11-4-2-8/h1-4,7H,5-6,10H2. The quantitative estimate of drug-likeness (QED) is 0.664. The number of nitrogens with zero attached hydrogens (tertiary/aromatic N) is 2. The van der Waals surface area contributed by atoms with E-state index < -0.39 is 0 Å². The average Bonchev–Trinajstić information content (AvgIpc) is 2.47. The number of hydrogen-bond acceptors (Lipinski definition) is 3. The molecule has 1 aliphatic rings. The van der Waals surface area contributed by atoms with Crippen LogP contribution in [0.4, 0.5) is 5.69 Å². The van der Waals surface area contributed by atoms with Crippen LogP contribution in [0.25, 0.3) is 0 Å². The van der Waals surface area contributed by atoms with Crippen LogP contribution in [0, 0.1) is 0 Å². The van der Waals surface area contributed by atoms with Gasteiger partial charge in [-0.2, -0.15) is 0 Å². The molecule has 0 aliphatic carbocycles. The summed E-state index contributed by atoms with van der Waals surface area (Å²) >= 11 is 0. The molecule has 0 bridgehead atoms. The lowest BCUT2D eigenvalue weighted by molar-refractivity contribution is -0.117. The first kappa shape index (κ1) is 8.19. The highest BCUT2D eigenvalue weighted by atomic mass is 16.2. The molecular formula is C9H11N3O. The number of anilines is 1. The van der Waals surface area contributed by atoms with Gasteiger partial charge in [-0.05, 0) is 12.1 Å². The van der Waals surface area contributed by atoms with Gasteiger partial charge in [0.25, 0.3) is 0 Å². The van der Waals surface area contributed by atoms with Crippen molar-refractivity contribution in [3.8, 4) is 0 Å². The molecule has 1 fully saturated rings. The minimum absolute atomic E-state index is 0.0272. The van der Waals surface area contributed by atoms with Crippen molar-refractivity contribution in [2.75, 3.05) is 11.4 Å². The molecule has 1 unspecified atom stereocenters. The summed E-state index contributed by atoms with van der Waals surface area (Å²) in [5.74, 6) is 0.0960. The summed E-state index contributed by atoms with van der Waals surface area (Å²) < 4.78 is 0. The molecule has 0 spiro atoms. The molecule has 1 aliphatic heterocycles. The van der Waals surface area contributed by atoms with E-state index in [1.165, 1.54) is 0 Å². The highest BCUT2D eigenvalue weighted by molar-refractivity contribution is 5.96. The second-order valence-corrected chi connectivity index (χ2v) is 3.17. The Hall–Kier alpha value is -1.42. The fourth-order valence-corrected chi connectivity index (χ4v) is 1.51. The highest BCUT2D eigenvalue weighted by Gasteiger charge is 2.27. The van der Waals surface area contributed by atoms with Gasteiger partial charge in [-0.1, -0.05) is 0 Å². The number of amides is 1. The predicted octanol–water partition coefficient (Wildman–Crippen LogP) is 0.146. The molecule has 4 nitrogen and oxygen atoms in total. The normalized spacial score (nSPS) is 22.4. The van der Waals surface area contributed by atoms with E-state index in [2.05, 4.69) is 4.98 Å². The van der Waals surface area contributed by atoms with Crippen molar-refractivity contribution in [3.63, 3.8) is 0 Å². The third-order valence-corrected chi connectivity index (χ3v) is 2.13. The van der Waals surface area contributed by atoms with E-state index in [4.69, 9.17) is 5.73 Å². The van der Waals surface area contributed by atoms with E-state index in [-0.39, 0.29) is 11.9 Å². The van der Waals surface area contributed by atoms with Gasteiger partial charge in [-0.25, -0.2) is 0 Å². The molecule has 1 aromatic rings. The SMILES string of the molecule is NC1CC(=O)N(c2ccncc2)C1. The number of carbonyl (C=O) groups is 1. The highest BCUT2D eigenvalue weighted by Crippen LogP contribution is 2.19.